The van der Waals surface area contributed by atoms with Crippen molar-refractivity contribution >= 4 is 17.5 Å². The van der Waals surface area contributed by atoms with Gasteiger partial charge in [-0.15, -0.1) is 0 Å². The molecular formula is C17H18N2O2. The third-order valence-corrected chi connectivity index (χ3v) is 3.13. The van der Waals surface area contributed by atoms with Crippen LogP contribution in [0, 0.1) is 13.8 Å². The minimum absolute atomic E-state index is 0.0545. The number of hydrogen-bond acceptors (Lipinski definition) is 2. The normalized spacial score (nSPS) is 10.0. The molecule has 0 radical (unpaired) electrons. The van der Waals surface area contributed by atoms with Crippen molar-refractivity contribution in [3.63, 3.8) is 0 Å². The fourth-order valence-corrected chi connectivity index (χ4v) is 1.93. The number of benzene rings is 2. The lowest BCUT2D eigenvalue weighted by Crippen LogP contribution is -2.33. The van der Waals surface area contributed by atoms with Gasteiger partial charge in [0.25, 0.3) is 5.91 Å². The molecule has 108 valence electrons. The number of hydrogen-bond donors (Lipinski definition) is 2. The molecule has 4 nitrogen and oxygen atoms in total. The van der Waals surface area contributed by atoms with Gasteiger partial charge in [0.05, 0.1) is 6.54 Å². The molecule has 2 rings (SSSR count). The summed E-state index contributed by atoms with van der Waals surface area (Å²) in [6.07, 6.45) is 0. The minimum Gasteiger partial charge on any atom is -0.343 e. The second-order valence-electron chi connectivity index (χ2n) is 4.91. The molecule has 0 saturated heterocycles. The van der Waals surface area contributed by atoms with Crippen molar-refractivity contribution in [3.05, 3.63) is 65.2 Å². The average molecular weight is 282 g/mol. The van der Waals surface area contributed by atoms with Crippen LogP contribution in [0.1, 0.15) is 21.5 Å². The highest BCUT2D eigenvalue weighted by atomic mass is 16.2. The van der Waals surface area contributed by atoms with Crippen LogP contribution in [-0.4, -0.2) is 18.4 Å². The second-order valence-corrected chi connectivity index (χ2v) is 4.91. The van der Waals surface area contributed by atoms with Gasteiger partial charge in [0.15, 0.2) is 0 Å². The number of amides is 2. The zero-order chi connectivity index (χ0) is 15.2. The Morgan fingerprint density at radius 3 is 2.29 bits per heavy atom. The van der Waals surface area contributed by atoms with Crippen molar-refractivity contribution in [1.82, 2.24) is 5.32 Å². The van der Waals surface area contributed by atoms with Crippen molar-refractivity contribution in [2.24, 2.45) is 0 Å². The molecular weight excluding hydrogens is 264 g/mol. The smallest absolute Gasteiger partial charge is 0.251 e. The maximum Gasteiger partial charge on any atom is 0.251 e. The summed E-state index contributed by atoms with van der Waals surface area (Å²) in [5.41, 5.74) is 3.31. The molecule has 0 aliphatic rings. The maximum atomic E-state index is 12.0. The first-order chi connectivity index (χ1) is 10.1. The summed E-state index contributed by atoms with van der Waals surface area (Å²) < 4.78 is 0. The lowest BCUT2D eigenvalue weighted by Gasteiger charge is -2.08. The lowest BCUT2D eigenvalue weighted by atomic mass is 10.1. The predicted octanol–water partition coefficient (Wildman–Crippen LogP) is 2.67. The largest absolute Gasteiger partial charge is 0.343 e. The quantitative estimate of drug-likeness (QED) is 0.905. The molecule has 0 aliphatic heterocycles. The number of rotatable bonds is 4. The van der Waals surface area contributed by atoms with Gasteiger partial charge in [-0.25, -0.2) is 0 Å². The lowest BCUT2D eigenvalue weighted by molar-refractivity contribution is -0.115. The molecule has 0 aromatic heterocycles. The average Bonchev–Trinajstić information content (AvgIpc) is 2.48. The van der Waals surface area contributed by atoms with Crippen molar-refractivity contribution < 1.29 is 9.59 Å². The summed E-state index contributed by atoms with van der Waals surface area (Å²) in [6, 6.07) is 14.8. The van der Waals surface area contributed by atoms with Gasteiger partial charge in [0.2, 0.25) is 5.91 Å². The van der Waals surface area contributed by atoms with Crippen LogP contribution in [0.25, 0.3) is 0 Å². The Labute approximate surface area is 124 Å². The molecule has 0 fully saturated rings. The van der Waals surface area contributed by atoms with Crippen LogP contribution in [0.4, 0.5) is 5.69 Å². The van der Waals surface area contributed by atoms with Gasteiger partial charge in [0, 0.05) is 11.3 Å². The summed E-state index contributed by atoms with van der Waals surface area (Å²) in [5.74, 6) is -0.493. The number of aryl methyl sites for hydroxylation is 2. The van der Waals surface area contributed by atoms with E-state index in [4.69, 9.17) is 0 Å². The molecule has 2 aromatic rings. The summed E-state index contributed by atoms with van der Waals surface area (Å²) in [6.45, 7) is 3.79. The molecule has 2 aromatic carbocycles. The molecule has 21 heavy (non-hydrogen) atoms. The first-order valence-corrected chi connectivity index (χ1v) is 6.76. The van der Waals surface area contributed by atoms with Crippen molar-refractivity contribution in [2.75, 3.05) is 11.9 Å². The first-order valence-electron chi connectivity index (χ1n) is 6.76. The van der Waals surface area contributed by atoms with Crippen LogP contribution < -0.4 is 10.6 Å². The van der Waals surface area contributed by atoms with Crippen molar-refractivity contribution in [2.45, 2.75) is 13.8 Å². The van der Waals surface area contributed by atoms with Gasteiger partial charge in [-0.2, -0.15) is 0 Å². The highest BCUT2D eigenvalue weighted by Gasteiger charge is 2.09. The van der Waals surface area contributed by atoms with Gasteiger partial charge in [-0.1, -0.05) is 35.9 Å². The van der Waals surface area contributed by atoms with E-state index in [0.717, 1.165) is 16.8 Å². The highest BCUT2D eigenvalue weighted by Crippen LogP contribution is 2.08. The maximum absolute atomic E-state index is 12.0. The topological polar surface area (TPSA) is 58.2 Å². The Morgan fingerprint density at radius 1 is 0.952 bits per heavy atom. The first kappa shape index (κ1) is 14.8. The van der Waals surface area contributed by atoms with Gasteiger partial charge in [0.1, 0.15) is 0 Å². The van der Waals surface area contributed by atoms with Crippen LogP contribution in [0.2, 0.25) is 0 Å². The SMILES string of the molecule is Cc1ccc(NC(=O)CNC(=O)c2ccccc2C)cc1. The number of carbonyl (C=O) groups excluding carboxylic acids is 2. The van der Waals surface area contributed by atoms with Gasteiger partial charge >= 0.3 is 0 Å². The Bertz CT molecular complexity index is 648. The van der Waals surface area contributed by atoms with Gasteiger partial charge in [-0.3, -0.25) is 9.59 Å². The number of carbonyl (C=O) groups is 2. The van der Waals surface area contributed by atoms with E-state index in [9.17, 15) is 9.59 Å². The molecule has 0 aliphatic carbocycles. The fraction of sp³-hybridized carbons (Fsp3) is 0.176. The Balaban J connectivity index is 1.88. The van der Waals surface area contributed by atoms with E-state index in [0.29, 0.717) is 5.56 Å². The molecule has 4 heteroatoms. The third kappa shape index (κ3) is 4.18. The summed E-state index contributed by atoms with van der Waals surface area (Å²) in [5, 5.41) is 5.36. The molecule has 0 saturated carbocycles. The zero-order valence-electron chi connectivity index (χ0n) is 12.1. The monoisotopic (exact) mass is 282 g/mol. The number of anilines is 1. The van der Waals surface area contributed by atoms with E-state index >= 15 is 0 Å². The molecule has 0 spiro atoms. The Hall–Kier alpha value is -2.62. The van der Waals surface area contributed by atoms with E-state index in [2.05, 4.69) is 10.6 Å². The van der Waals surface area contributed by atoms with Crippen LogP contribution in [0.5, 0.6) is 0 Å². The molecule has 2 N–H and O–H groups in total. The fourth-order valence-electron chi connectivity index (χ4n) is 1.93. The molecule has 0 unspecified atom stereocenters. The zero-order valence-corrected chi connectivity index (χ0v) is 12.1. The number of nitrogens with one attached hydrogen (secondary N) is 2. The van der Waals surface area contributed by atoms with E-state index in [1.165, 1.54) is 0 Å². The van der Waals surface area contributed by atoms with Crippen LogP contribution in [0.15, 0.2) is 48.5 Å². The van der Waals surface area contributed by atoms with E-state index in [-0.39, 0.29) is 18.4 Å². The molecule has 0 atom stereocenters. The van der Waals surface area contributed by atoms with Crippen LogP contribution in [0.3, 0.4) is 0 Å². The van der Waals surface area contributed by atoms with Crippen molar-refractivity contribution in [3.8, 4) is 0 Å². The molecule has 0 bridgehead atoms. The van der Waals surface area contributed by atoms with E-state index in [1.807, 2.05) is 50.2 Å². The van der Waals surface area contributed by atoms with Crippen molar-refractivity contribution in [1.29, 1.82) is 0 Å². The van der Waals surface area contributed by atoms with Gasteiger partial charge < -0.3 is 10.6 Å². The predicted molar refractivity (Wildman–Crippen MR) is 83.3 cm³/mol. The van der Waals surface area contributed by atoms with Crippen LogP contribution in [-0.2, 0) is 4.79 Å². The van der Waals surface area contributed by atoms with E-state index < -0.39 is 0 Å². The molecule has 2 amide bonds. The second kappa shape index (κ2) is 6.70. The van der Waals surface area contributed by atoms with Crippen LogP contribution >= 0.6 is 0 Å². The summed E-state index contributed by atoms with van der Waals surface area (Å²) in [4.78, 5) is 23.8. The van der Waals surface area contributed by atoms with E-state index in [1.54, 1.807) is 12.1 Å². The summed E-state index contributed by atoms with van der Waals surface area (Å²) in [7, 11) is 0. The highest BCUT2D eigenvalue weighted by molar-refractivity contribution is 6.00. The minimum atomic E-state index is -0.249. The Kier molecular flexibility index (Phi) is 4.72. The standard InChI is InChI=1S/C17H18N2O2/c1-12-7-9-14(10-8-12)19-16(20)11-18-17(21)15-6-4-3-5-13(15)2/h3-10H,11H2,1-2H3,(H,18,21)(H,19,20). The third-order valence-electron chi connectivity index (χ3n) is 3.13. The molecule has 0 heterocycles. The Morgan fingerprint density at radius 2 is 1.62 bits per heavy atom. The van der Waals surface area contributed by atoms with Gasteiger partial charge in [-0.05, 0) is 37.6 Å². The summed E-state index contributed by atoms with van der Waals surface area (Å²) >= 11 is 0.